The van der Waals surface area contributed by atoms with Gasteiger partial charge < -0.3 is 0 Å². The van der Waals surface area contributed by atoms with Crippen molar-refractivity contribution in [3.05, 3.63) is 164 Å². The van der Waals surface area contributed by atoms with E-state index in [-0.39, 0.29) is 0 Å². The minimum absolute atomic E-state index is 0.702. The smallest absolute Gasteiger partial charge is 0.162 e. The molecule has 0 fully saturated rings. The van der Waals surface area contributed by atoms with E-state index in [0.717, 1.165) is 28.2 Å². The van der Waals surface area contributed by atoms with E-state index in [1.54, 1.807) is 0 Å². The number of hydrogen-bond acceptors (Lipinski definition) is 3. The summed E-state index contributed by atoms with van der Waals surface area (Å²) in [5.74, 6) is 1.55. The summed E-state index contributed by atoms with van der Waals surface area (Å²) in [6.45, 7) is 0. The second-order valence-corrected chi connectivity index (χ2v) is 14.0. The molecule has 0 radical (unpaired) electrons. The van der Waals surface area contributed by atoms with Gasteiger partial charge in [0.15, 0.2) is 5.82 Å². The Morgan fingerprint density at radius 3 is 1.98 bits per heavy atom. The Balaban J connectivity index is 1.35. The van der Waals surface area contributed by atoms with Gasteiger partial charge in [0, 0.05) is 58.9 Å². The quantitative estimate of drug-likeness (QED) is 0.178. The summed E-state index contributed by atoms with van der Waals surface area (Å²) in [6, 6.07) is 58.7. The molecule has 0 saturated heterocycles. The van der Waals surface area contributed by atoms with Gasteiger partial charge in [0.05, 0.1) is 16.7 Å². The summed E-state index contributed by atoms with van der Waals surface area (Å²) in [4.78, 5) is 10.6. The van der Waals surface area contributed by atoms with Crippen molar-refractivity contribution in [1.29, 1.82) is 0 Å². The third-order valence-electron chi connectivity index (χ3n) is 10.2. The predicted octanol–water partition coefficient (Wildman–Crippen LogP) is 12.7. The molecule has 11 rings (SSSR count). The Morgan fingerprint density at radius 2 is 1.12 bits per heavy atom. The molecule has 4 heteroatoms. The van der Waals surface area contributed by atoms with Crippen LogP contribution in [-0.4, -0.2) is 14.5 Å². The van der Waals surface area contributed by atoms with Crippen molar-refractivity contribution >= 4 is 85.6 Å². The number of aromatic nitrogens is 3. The molecule has 0 spiro atoms. The lowest BCUT2D eigenvalue weighted by molar-refractivity contribution is 1.05. The number of nitrogens with zero attached hydrogens (tertiary/aromatic N) is 3. The molecule has 0 N–H and O–H groups in total. The maximum atomic E-state index is 5.40. The highest BCUT2D eigenvalue weighted by Gasteiger charge is 2.23. The lowest BCUT2D eigenvalue weighted by Gasteiger charge is -2.15. The Morgan fingerprint density at radius 1 is 0.440 bits per heavy atom. The molecule has 3 heterocycles. The SMILES string of the molecule is c1ccc(-c2nc(-c3cccc4ccccc34)cc(-n3c4ccccc4c4c5ccccc5c5c(ccc6sc7ccccc7c65)c43)n2)cc1. The molecule has 0 unspecified atom stereocenters. The largest absolute Gasteiger partial charge is 0.293 e. The summed E-state index contributed by atoms with van der Waals surface area (Å²) in [5.41, 5.74) is 5.26. The average molecular weight is 654 g/mol. The summed E-state index contributed by atoms with van der Waals surface area (Å²) < 4.78 is 5.00. The first-order chi connectivity index (χ1) is 24.8. The van der Waals surface area contributed by atoms with E-state index in [2.05, 4.69) is 162 Å². The molecule has 3 nitrogen and oxygen atoms in total. The summed E-state index contributed by atoms with van der Waals surface area (Å²) >= 11 is 1.87. The number of fused-ring (bicyclic) bond motifs is 13. The number of thiophene rings is 1. The molecule has 0 amide bonds. The van der Waals surface area contributed by atoms with Crippen LogP contribution in [-0.2, 0) is 0 Å². The van der Waals surface area contributed by atoms with Gasteiger partial charge in [-0.2, -0.15) is 0 Å². The van der Waals surface area contributed by atoms with Crippen molar-refractivity contribution in [3.8, 4) is 28.5 Å². The van der Waals surface area contributed by atoms with Gasteiger partial charge in [-0.05, 0) is 39.7 Å². The van der Waals surface area contributed by atoms with Crippen LogP contribution in [0.25, 0.3) is 103 Å². The molecule has 0 bridgehead atoms. The van der Waals surface area contributed by atoms with Crippen molar-refractivity contribution < 1.29 is 0 Å². The lowest BCUT2D eigenvalue weighted by atomic mass is 9.94. The van der Waals surface area contributed by atoms with Crippen molar-refractivity contribution in [2.24, 2.45) is 0 Å². The highest BCUT2D eigenvalue weighted by Crippen LogP contribution is 2.47. The van der Waals surface area contributed by atoms with Gasteiger partial charge in [-0.1, -0.05) is 140 Å². The van der Waals surface area contributed by atoms with Gasteiger partial charge in [-0.25, -0.2) is 9.97 Å². The molecule has 3 aromatic heterocycles. The fraction of sp³-hybridized carbons (Fsp3) is 0. The summed E-state index contributed by atoms with van der Waals surface area (Å²) in [6.07, 6.45) is 0. The molecule has 0 aliphatic carbocycles. The zero-order valence-electron chi connectivity index (χ0n) is 26.8. The molecule has 0 atom stereocenters. The van der Waals surface area contributed by atoms with Gasteiger partial charge in [-0.3, -0.25) is 4.57 Å². The van der Waals surface area contributed by atoms with Crippen molar-refractivity contribution in [1.82, 2.24) is 14.5 Å². The fourth-order valence-electron chi connectivity index (χ4n) is 8.07. The van der Waals surface area contributed by atoms with Crippen LogP contribution in [0.2, 0.25) is 0 Å². The van der Waals surface area contributed by atoms with Crippen LogP contribution in [0.5, 0.6) is 0 Å². The maximum Gasteiger partial charge on any atom is 0.162 e. The van der Waals surface area contributed by atoms with E-state index in [1.165, 1.54) is 68.8 Å². The first-order valence-corrected chi connectivity index (χ1v) is 17.7. The van der Waals surface area contributed by atoms with E-state index < -0.39 is 0 Å². The zero-order chi connectivity index (χ0) is 32.8. The van der Waals surface area contributed by atoms with Crippen molar-refractivity contribution in [2.75, 3.05) is 0 Å². The first kappa shape index (κ1) is 27.6. The van der Waals surface area contributed by atoms with E-state index in [0.29, 0.717) is 5.82 Å². The third kappa shape index (κ3) is 3.91. The molecule has 8 aromatic carbocycles. The van der Waals surface area contributed by atoms with Gasteiger partial charge >= 0.3 is 0 Å². The van der Waals surface area contributed by atoms with Crippen LogP contribution in [0.4, 0.5) is 0 Å². The van der Waals surface area contributed by atoms with Gasteiger partial charge in [-0.15, -0.1) is 11.3 Å². The highest BCUT2D eigenvalue weighted by atomic mass is 32.1. The van der Waals surface area contributed by atoms with Crippen molar-refractivity contribution in [3.63, 3.8) is 0 Å². The maximum absolute atomic E-state index is 5.40. The van der Waals surface area contributed by atoms with Gasteiger partial charge in [0.25, 0.3) is 0 Å². The monoisotopic (exact) mass is 653 g/mol. The Kier molecular flexibility index (Phi) is 5.83. The van der Waals surface area contributed by atoms with Crippen LogP contribution in [0.3, 0.4) is 0 Å². The Hall–Kier alpha value is -6.36. The van der Waals surface area contributed by atoms with Crippen LogP contribution < -0.4 is 0 Å². The van der Waals surface area contributed by atoms with E-state index >= 15 is 0 Å². The third-order valence-corrected chi connectivity index (χ3v) is 11.3. The molecule has 0 aliphatic heterocycles. The number of benzene rings is 8. The molecular weight excluding hydrogens is 627 g/mol. The molecule has 11 aromatic rings. The fourth-order valence-corrected chi connectivity index (χ4v) is 9.18. The van der Waals surface area contributed by atoms with E-state index in [9.17, 15) is 0 Å². The van der Waals surface area contributed by atoms with Crippen LogP contribution in [0.15, 0.2) is 164 Å². The summed E-state index contributed by atoms with van der Waals surface area (Å²) in [7, 11) is 0. The predicted molar refractivity (Wildman–Crippen MR) is 213 cm³/mol. The first-order valence-electron chi connectivity index (χ1n) is 16.9. The minimum Gasteiger partial charge on any atom is -0.293 e. The number of hydrogen-bond donors (Lipinski definition) is 0. The Labute approximate surface area is 291 Å². The molecule has 50 heavy (non-hydrogen) atoms. The number of rotatable bonds is 3. The molecule has 0 aliphatic rings. The van der Waals surface area contributed by atoms with Crippen LogP contribution in [0.1, 0.15) is 0 Å². The second kappa shape index (κ2) is 10.6. The van der Waals surface area contributed by atoms with Crippen molar-refractivity contribution in [2.45, 2.75) is 0 Å². The van der Waals surface area contributed by atoms with Crippen LogP contribution >= 0.6 is 11.3 Å². The summed E-state index contributed by atoms with van der Waals surface area (Å²) in [5, 5.41) is 12.5. The molecular formula is C46H27N3S. The topological polar surface area (TPSA) is 30.7 Å². The van der Waals surface area contributed by atoms with Gasteiger partial charge in [0.1, 0.15) is 5.82 Å². The molecule has 0 saturated carbocycles. The number of para-hydroxylation sites is 1. The van der Waals surface area contributed by atoms with E-state index in [4.69, 9.17) is 9.97 Å². The zero-order valence-corrected chi connectivity index (χ0v) is 27.7. The standard InChI is InChI=1S/C46H27N3S/c1-2-14-29(15-3-1)46-47-37(31-22-12-16-28-13-4-5-17-30(28)31)27-41(48-46)49-38-23-10-8-20-34(38)43-33-19-7-6-18-32(33)42-36(45(43)49)25-26-40-44(42)35-21-9-11-24-39(35)50-40/h1-27H. The average Bonchev–Trinajstić information content (AvgIpc) is 3.74. The van der Waals surface area contributed by atoms with E-state index in [1.807, 2.05) is 17.4 Å². The Bertz CT molecular complexity index is 3150. The molecule has 232 valence electrons. The lowest BCUT2D eigenvalue weighted by Crippen LogP contribution is -2.03. The second-order valence-electron chi connectivity index (χ2n) is 12.9. The van der Waals surface area contributed by atoms with Crippen LogP contribution in [0, 0.1) is 0 Å². The van der Waals surface area contributed by atoms with Gasteiger partial charge in [0.2, 0.25) is 0 Å². The normalized spacial score (nSPS) is 12.0. The minimum atomic E-state index is 0.702. The highest BCUT2D eigenvalue weighted by molar-refractivity contribution is 7.26.